The van der Waals surface area contributed by atoms with Crippen molar-refractivity contribution in [2.24, 2.45) is 5.73 Å². The van der Waals surface area contributed by atoms with E-state index in [0.717, 1.165) is 11.3 Å². The van der Waals surface area contributed by atoms with Crippen LogP contribution in [-0.2, 0) is 6.42 Å². The smallest absolute Gasteiger partial charge is 0.123 e. The van der Waals surface area contributed by atoms with Gasteiger partial charge in [-0.1, -0.05) is 12.1 Å². The van der Waals surface area contributed by atoms with Crippen LogP contribution in [0.15, 0.2) is 36.8 Å². The zero-order chi connectivity index (χ0) is 10.7. The zero-order valence-electron chi connectivity index (χ0n) is 8.15. The van der Waals surface area contributed by atoms with E-state index in [9.17, 15) is 4.39 Å². The van der Waals surface area contributed by atoms with Crippen molar-refractivity contribution in [3.05, 3.63) is 53.9 Å². The van der Waals surface area contributed by atoms with Crippen molar-refractivity contribution in [3.8, 4) is 0 Å². The lowest BCUT2D eigenvalue weighted by molar-refractivity contribution is 0.624. The monoisotopic (exact) mass is 205 g/mol. The Hall–Kier alpha value is -1.68. The van der Waals surface area contributed by atoms with Crippen molar-refractivity contribution in [1.29, 1.82) is 0 Å². The van der Waals surface area contributed by atoms with Crippen LogP contribution in [0.5, 0.6) is 0 Å². The maximum absolute atomic E-state index is 12.7. The molecule has 0 bridgehead atoms. The first-order valence-electron chi connectivity index (χ1n) is 4.74. The van der Waals surface area contributed by atoms with Gasteiger partial charge in [0.05, 0.1) is 6.33 Å². The molecule has 78 valence electrons. The molecule has 2 rings (SSSR count). The van der Waals surface area contributed by atoms with E-state index in [4.69, 9.17) is 5.73 Å². The summed E-state index contributed by atoms with van der Waals surface area (Å²) in [6, 6.07) is 6.11. The summed E-state index contributed by atoms with van der Waals surface area (Å²) < 4.78 is 12.7. The number of nitrogens with two attached hydrogens (primary N) is 1. The predicted molar refractivity (Wildman–Crippen MR) is 55.6 cm³/mol. The van der Waals surface area contributed by atoms with Crippen molar-refractivity contribution in [3.63, 3.8) is 0 Å². The van der Waals surface area contributed by atoms with Crippen LogP contribution < -0.4 is 5.73 Å². The summed E-state index contributed by atoms with van der Waals surface area (Å²) in [7, 11) is 0. The van der Waals surface area contributed by atoms with Crippen molar-refractivity contribution in [2.75, 3.05) is 0 Å². The Morgan fingerprint density at radius 3 is 2.67 bits per heavy atom. The molecule has 1 unspecified atom stereocenters. The first-order chi connectivity index (χ1) is 7.25. The summed E-state index contributed by atoms with van der Waals surface area (Å²) >= 11 is 0. The van der Waals surface area contributed by atoms with Crippen LogP contribution >= 0.6 is 0 Å². The molecule has 0 spiro atoms. The second kappa shape index (κ2) is 4.23. The highest BCUT2D eigenvalue weighted by molar-refractivity contribution is 5.20. The quantitative estimate of drug-likeness (QED) is 0.802. The number of rotatable bonds is 3. The van der Waals surface area contributed by atoms with Crippen molar-refractivity contribution >= 4 is 0 Å². The molecule has 0 saturated heterocycles. The Morgan fingerprint density at radius 2 is 2.07 bits per heavy atom. The van der Waals surface area contributed by atoms with Crippen molar-refractivity contribution < 1.29 is 4.39 Å². The molecule has 1 aromatic carbocycles. The number of hydrogen-bond acceptors (Lipinski definition) is 2. The van der Waals surface area contributed by atoms with Gasteiger partial charge in [-0.3, -0.25) is 0 Å². The molecule has 0 aliphatic carbocycles. The minimum Gasteiger partial charge on any atom is -0.348 e. The van der Waals surface area contributed by atoms with E-state index in [1.54, 1.807) is 24.7 Å². The van der Waals surface area contributed by atoms with Gasteiger partial charge in [-0.2, -0.15) is 0 Å². The maximum Gasteiger partial charge on any atom is 0.123 e. The number of hydrogen-bond donors (Lipinski definition) is 2. The number of nitrogens with zero attached hydrogens (tertiary/aromatic N) is 1. The molecule has 0 saturated carbocycles. The van der Waals surface area contributed by atoms with Crippen LogP contribution in [0.3, 0.4) is 0 Å². The van der Waals surface area contributed by atoms with Gasteiger partial charge in [0, 0.05) is 24.4 Å². The summed E-state index contributed by atoms with van der Waals surface area (Å²) in [5.41, 5.74) is 7.87. The third-order valence-corrected chi connectivity index (χ3v) is 2.29. The molecule has 0 aliphatic heterocycles. The van der Waals surface area contributed by atoms with Crippen LogP contribution in [0.25, 0.3) is 0 Å². The second-order valence-corrected chi connectivity index (χ2v) is 3.44. The number of halogens is 1. The number of H-pyrrole nitrogens is 1. The van der Waals surface area contributed by atoms with Gasteiger partial charge in [0.1, 0.15) is 5.82 Å². The highest BCUT2D eigenvalue weighted by Crippen LogP contribution is 2.14. The van der Waals surface area contributed by atoms with Gasteiger partial charge >= 0.3 is 0 Å². The predicted octanol–water partition coefficient (Wildman–Crippen LogP) is 1.79. The standard InChI is InChI=1S/C11H12FN3/c12-9-3-1-8(2-4-9)11(13)5-10-6-14-7-15-10/h1-4,6-7,11H,5,13H2,(H,14,15). The van der Waals surface area contributed by atoms with Gasteiger partial charge in [0.2, 0.25) is 0 Å². The first kappa shape index (κ1) is 9.86. The van der Waals surface area contributed by atoms with Crippen LogP contribution in [0.1, 0.15) is 17.3 Å². The SMILES string of the molecule is NC(Cc1cnc[nH]1)c1ccc(F)cc1. The summed E-state index contributed by atoms with van der Waals surface area (Å²) in [6.45, 7) is 0. The third-order valence-electron chi connectivity index (χ3n) is 2.29. The lowest BCUT2D eigenvalue weighted by atomic mass is 10.0. The average molecular weight is 205 g/mol. The van der Waals surface area contributed by atoms with E-state index in [2.05, 4.69) is 9.97 Å². The number of benzene rings is 1. The third kappa shape index (κ3) is 2.41. The van der Waals surface area contributed by atoms with Gasteiger partial charge in [0.15, 0.2) is 0 Å². The molecule has 0 aliphatic rings. The Bertz CT molecular complexity index is 408. The molecule has 1 aromatic heterocycles. The summed E-state index contributed by atoms with van der Waals surface area (Å²) in [5.74, 6) is -0.243. The Labute approximate surface area is 87.2 Å². The van der Waals surface area contributed by atoms with E-state index in [1.807, 2.05) is 0 Å². The molecular formula is C11H12FN3. The van der Waals surface area contributed by atoms with Crippen LogP contribution in [0.4, 0.5) is 4.39 Å². The molecule has 4 heteroatoms. The Balaban J connectivity index is 2.08. The van der Waals surface area contributed by atoms with Crippen molar-refractivity contribution in [2.45, 2.75) is 12.5 Å². The zero-order valence-corrected chi connectivity index (χ0v) is 8.15. The summed E-state index contributed by atoms with van der Waals surface area (Å²) in [6.07, 6.45) is 4.03. The molecule has 3 nitrogen and oxygen atoms in total. The van der Waals surface area contributed by atoms with Gasteiger partial charge in [0.25, 0.3) is 0 Å². The molecule has 1 atom stereocenters. The number of aromatic nitrogens is 2. The lowest BCUT2D eigenvalue weighted by Gasteiger charge is -2.10. The van der Waals surface area contributed by atoms with E-state index in [1.165, 1.54) is 12.1 Å². The fourth-order valence-electron chi connectivity index (χ4n) is 1.46. The Morgan fingerprint density at radius 1 is 1.33 bits per heavy atom. The fourth-order valence-corrected chi connectivity index (χ4v) is 1.46. The molecule has 0 amide bonds. The molecule has 0 fully saturated rings. The van der Waals surface area contributed by atoms with E-state index in [-0.39, 0.29) is 11.9 Å². The minimum absolute atomic E-state index is 0.133. The van der Waals surface area contributed by atoms with Crippen molar-refractivity contribution in [1.82, 2.24) is 9.97 Å². The van der Waals surface area contributed by atoms with Gasteiger partial charge in [-0.05, 0) is 17.7 Å². The van der Waals surface area contributed by atoms with Crippen LogP contribution in [0, 0.1) is 5.82 Å². The van der Waals surface area contributed by atoms with E-state index in [0.29, 0.717) is 6.42 Å². The summed E-state index contributed by atoms with van der Waals surface area (Å²) in [5, 5.41) is 0. The topological polar surface area (TPSA) is 54.7 Å². The molecule has 3 N–H and O–H groups in total. The van der Waals surface area contributed by atoms with E-state index < -0.39 is 0 Å². The molecule has 2 aromatic rings. The second-order valence-electron chi connectivity index (χ2n) is 3.44. The normalized spacial score (nSPS) is 12.7. The maximum atomic E-state index is 12.7. The molecule has 0 radical (unpaired) electrons. The Kier molecular flexibility index (Phi) is 2.78. The van der Waals surface area contributed by atoms with Crippen LogP contribution in [0.2, 0.25) is 0 Å². The molecule has 15 heavy (non-hydrogen) atoms. The largest absolute Gasteiger partial charge is 0.348 e. The minimum atomic E-state index is -0.243. The van der Waals surface area contributed by atoms with Crippen LogP contribution in [-0.4, -0.2) is 9.97 Å². The van der Waals surface area contributed by atoms with Gasteiger partial charge in [-0.25, -0.2) is 9.37 Å². The lowest BCUT2D eigenvalue weighted by Crippen LogP contribution is -2.13. The number of aromatic amines is 1. The highest BCUT2D eigenvalue weighted by atomic mass is 19.1. The molecule has 1 heterocycles. The average Bonchev–Trinajstić information content (AvgIpc) is 2.71. The highest BCUT2D eigenvalue weighted by Gasteiger charge is 2.07. The molecular weight excluding hydrogens is 193 g/mol. The number of nitrogens with one attached hydrogen (secondary N) is 1. The first-order valence-corrected chi connectivity index (χ1v) is 4.74. The summed E-state index contributed by atoms with van der Waals surface area (Å²) in [4.78, 5) is 6.90. The van der Waals surface area contributed by atoms with E-state index >= 15 is 0 Å². The fraction of sp³-hybridized carbons (Fsp3) is 0.182. The van der Waals surface area contributed by atoms with Gasteiger partial charge < -0.3 is 10.7 Å². The number of imidazole rings is 1. The van der Waals surface area contributed by atoms with Gasteiger partial charge in [-0.15, -0.1) is 0 Å².